The van der Waals surface area contributed by atoms with E-state index in [9.17, 15) is 10.1 Å². The van der Waals surface area contributed by atoms with Gasteiger partial charge in [-0.1, -0.05) is 12.8 Å². The van der Waals surface area contributed by atoms with Gasteiger partial charge in [0, 0.05) is 23.8 Å². The monoisotopic (exact) mass is 406 g/mol. The lowest BCUT2D eigenvalue weighted by Gasteiger charge is -2.29. The van der Waals surface area contributed by atoms with E-state index in [1.165, 1.54) is 0 Å². The zero-order valence-corrected chi connectivity index (χ0v) is 16.7. The number of nitrogens with one attached hydrogen (secondary N) is 2. The number of hydrogen-bond acceptors (Lipinski definition) is 8. The molecule has 0 bridgehead atoms. The molecule has 2 aromatic rings. The van der Waals surface area contributed by atoms with E-state index in [0.29, 0.717) is 11.6 Å². The van der Waals surface area contributed by atoms with Crippen LogP contribution in [0.2, 0.25) is 0 Å². The third kappa shape index (κ3) is 3.79. The number of amides is 1. The van der Waals surface area contributed by atoms with Crippen molar-refractivity contribution in [1.82, 2.24) is 15.2 Å². The summed E-state index contributed by atoms with van der Waals surface area (Å²) >= 11 is 0. The molecule has 154 valence electrons. The summed E-state index contributed by atoms with van der Waals surface area (Å²) in [5.41, 5.74) is 14.1. The molecule has 1 aromatic carbocycles. The summed E-state index contributed by atoms with van der Waals surface area (Å²) in [5.74, 6) is -0.502. The third-order valence-corrected chi connectivity index (χ3v) is 5.57. The number of aromatic nitrogens is 3. The molecule has 3 atom stereocenters. The van der Waals surface area contributed by atoms with Crippen molar-refractivity contribution in [2.75, 3.05) is 17.7 Å². The maximum Gasteiger partial charge on any atom is 0.273 e. The van der Waals surface area contributed by atoms with Crippen LogP contribution in [0.3, 0.4) is 0 Å². The Bertz CT molecular complexity index is 1060. The number of carbonyl (C=O) groups is 1. The van der Waals surface area contributed by atoms with Gasteiger partial charge in [0.05, 0.1) is 11.6 Å². The highest BCUT2D eigenvalue weighted by atomic mass is 16.1. The summed E-state index contributed by atoms with van der Waals surface area (Å²) in [6.07, 6.45) is 5.93. The number of nitrogens with zero attached hydrogens (tertiary/aromatic N) is 5. The second-order valence-electron chi connectivity index (χ2n) is 7.66. The van der Waals surface area contributed by atoms with Crippen LogP contribution in [0.5, 0.6) is 0 Å². The first kappa shape index (κ1) is 19.7. The van der Waals surface area contributed by atoms with E-state index in [1.54, 1.807) is 0 Å². The highest BCUT2D eigenvalue weighted by molar-refractivity contribution is 5.96. The summed E-state index contributed by atoms with van der Waals surface area (Å²) in [4.78, 5) is 16.3. The lowest BCUT2D eigenvalue weighted by Crippen LogP contribution is -2.43. The Morgan fingerprint density at radius 3 is 2.83 bits per heavy atom. The number of nitriles is 1. The van der Waals surface area contributed by atoms with E-state index in [0.717, 1.165) is 36.9 Å². The van der Waals surface area contributed by atoms with Crippen molar-refractivity contribution in [2.45, 2.75) is 43.7 Å². The minimum Gasteiger partial charge on any atom is -0.364 e. The van der Waals surface area contributed by atoms with Gasteiger partial charge in [-0.15, -0.1) is 10.2 Å². The number of benzene rings is 1. The molecule has 1 saturated carbocycles. The number of rotatable bonds is 5. The van der Waals surface area contributed by atoms with E-state index in [1.807, 2.05) is 36.0 Å². The van der Waals surface area contributed by atoms with Gasteiger partial charge in [0.15, 0.2) is 23.6 Å². The average molecular weight is 406 g/mol. The molecular weight excluding hydrogens is 382 g/mol. The van der Waals surface area contributed by atoms with Gasteiger partial charge in [-0.05, 0) is 25.0 Å². The van der Waals surface area contributed by atoms with Crippen molar-refractivity contribution >= 4 is 35.3 Å². The molecular formula is C20H24N9O+. The Labute approximate surface area is 174 Å². The van der Waals surface area contributed by atoms with Gasteiger partial charge in [0.25, 0.3) is 5.91 Å². The van der Waals surface area contributed by atoms with Gasteiger partial charge >= 0.3 is 0 Å². The molecule has 1 amide bonds. The first-order valence-corrected chi connectivity index (χ1v) is 9.91. The lowest BCUT2D eigenvalue weighted by molar-refractivity contribution is -0.396. The second kappa shape index (κ2) is 8.04. The number of carbonyl (C=O) groups excluding carboxylic acids is 1. The van der Waals surface area contributed by atoms with Crippen LogP contribution in [-0.4, -0.2) is 51.0 Å². The summed E-state index contributed by atoms with van der Waals surface area (Å²) in [6.45, 7) is 0. The molecule has 1 unspecified atom stereocenters. The fourth-order valence-corrected chi connectivity index (χ4v) is 3.96. The Balaban J connectivity index is 1.61. The predicted molar refractivity (Wildman–Crippen MR) is 112 cm³/mol. The Kier molecular flexibility index (Phi) is 5.29. The smallest absolute Gasteiger partial charge is 0.273 e. The quantitative estimate of drug-likeness (QED) is 0.542. The molecule has 0 radical (unpaired) electrons. The number of hydrogen-bond donors (Lipinski definition) is 4. The summed E-state index contributed by atoms with van der Waals surface area (Å²) < 4.78 is 1.90. The fraction of sp³-hybridized carbons (Fsp3) is 0.400. The topological polar surface area (TPSA) is 159 Å². The van der Waals surface area contributed by atoms with E-state index in [-0.39, 0.29) is 29.5 Å². The maximum absolute atomic E-state index is 11.8. The number of fused-ring (bicyclic) bond motifs is 1. The molecule has 1 aliphatic carbocycles. The predicted octanol–water partition coefficient (Wildman–Crippen LogP) is 1.36. The van der Waals surface area contributed by atoms with Crippen LogP contribution in [0.4, 0.5) is 23.1 Å². The van der Waals surface area contributed by atoms with Crippen LogP contribution >= 0.6 is 0 Å². The summed E-state index contributed by atoms with van der Waals surface area (Å²) in [7, 11) is 1.89. The molecule has 10 heteroatoms. The van der Waals surface area contributed by atoms with Crippen LogP contribution in [-0.2, 0) is 0 Å². The Morgan fingerprint density at radius 2 is 2.10 bits per heavy atom. The van der Waals surface area contributed by atoms with Crippen LogP contribution in [0.1, 0.15) is 47.7 Å². The highest BCUT2D eigenvalue weighted by Crippen LogP contribution is 2.34. The fourth-order valence-electron chi connectivity index (χ4n) is 3.96. The molecule has 6 N–H and O–H groups in total. The number of primary amides is 1. The van der Waals surface area contributed by atoms with Crippen molar-refractivity contribution in [1.29, 1.82) is 5.26 Å². The normalized spacial score (nSPS) is 22.6. The van der Waals surface area contributed by atoms with Crippen LogP contribution in [0.25, 0.3) is 0 Å². The lowest BCUT2D eigenvalue weighted by atomic mass is 9.91. The Hall–Kier alpha value is -3.58. The zero-order chi connectivity index (χ0) is 21.3. The van der Waals surface area contributed by atoms with Crippen molar-refractivity contribution in [3.63, 3.8) is 0 Å². The molecule has 1 aromatic heterocycles. The van der Waals surface area contributed by atoms with E-state index in [4.69, 9.17) is 11.5 Å². The van der Waals surface area contributed by atoms with Gasteiger partial charge in [-0.2, -0.15) is 10.2 Å². The summed E-state index contributed by atoms with van der Waals surface area (Å²) in [5, 5.41) is 23.6. The first-order chi connectivity index (χ1) is 14.5. The molecule has 0 saturated heterocycles. The second-order valence-corrected chi connectivity index (χ2v) is 7.66. The zero-order valence-electron chi connectivity index (χ0n) is 16.7. The van der Waals surface area contributed by atoms with Crippen LogP contribution in [0, 0.1) is 11.3 Å². The highest BCUT2D eigenvalue weighted by Gasteiger charge is 2.29. The van der Waals surface area contributed by atoms with Crippen molar-refractivity contribution < 1.29 is 9.37 Å². The third-order valence-electron chi connectivity index (χ3n) is 5.57. The first-order valence-electron chi connectivity index (χ1n) is 9.91. The molecule has 2 heterocycles. The molecule has 0 spiro atoms. The minimum atomic E-state index is -0.727. The Morgan fingerprint density at radius 1 is 1.30 bits per heavy atom. The van der Waals surface area contributed by atoms with Crippen molar-refractivity contribution in [2.24, 2.45) is 11.5 Å². The van der Waals surface area contributed by atoms with E-state index in [2.05, 4.69) is 31.9 Å². The molecule has 30 heavy (non-hydrogen) atoms. The molecule has 1 aliphatic heterocycles. The van der Waals surface area contributed by atoms with Crippen molar-refractivity contribution in [3.8, 4) is 6.07 Å². The van der Waals surface area contributed by atoms with Crippen molar-refractivity contribution in [3.05, 3.63) is 29.5 Å². The SMILES string of the molecule is C[N+]1=CC(C#N)c2ccc(Nc3nc(N[C@@H]4CCCC[C@@H]4N)nnc3C(N)=O)cc21. The largest absolute Gasteiger partial charge is 0.364 e. The van der Waals surface area contributed by atoms with Crippen LogP contribution < -0.4 is 22.1 Å². The van der Waals surface area contributed by atoms with Gasteiger partial charge in [-0.3, -0.25) is 4.79 Å². The maximum atomic E-state index is 11.8. The van der Waals surface area contributed by atoms with Gasteiger partial charge < -0.3 is 22.1 Å². The summed E-state index contributed by atoms with van der Waals surface area (Å²) in [6, 6.07) is 7.94. The molecule has 1 fully saturated rings. The molecule has 10 nitrogen and oxygen atoms in total. The van der Waals surface area contributed by atoms with E-state index >= 15 is 0 Å². The minimum absolute atomic E-state index is 0.0196. The van der Waals surface area contributed by atoms with Gasteiger partial charge in [0.2, 0.25) is 11.6 Å². The number of nitrogens with two attached hydrogens (primary N) is 2. The van der Waals surface area contributed by atoms with E-state index < -0.39 is 5.91 Å². The number of anilines is 3. The molecule has 2 aliphatic rings. The standard InChI is InChI=1S/C20H23N9O/c1-29-10-11(9-21)13-7-6-12(8-16(13)29)24-19-17(18(23)30)27-28-20(26-19)25-15-5-3-2-4-14(15)22/h6-8,10-11,14-15H,2-5,22H2,1H3,(H3-,23,24,25,26,28,30)/p+1/t11?,14-,15+/m0/s1. The van der Waals surface area contributed by atoms with Gasteiger partial charge in [-0.25, -0.2) is 4.58 Å². The molecule has 4 rings (SSSR count). The van der Waals surface area contributed by atoms with Gasteiger partial charge in [0.1, 0.15) is 7.05 Å². The van der Waals surface area contributed by atoms with Crippen LogP contribution in [0.15, 0.2) is 18.2 Å². The average Bonchev–Trinajstić information content (AvgIpc) is 3.05.